The van der Waals surface area contributed by atoms with E-state index >= 15 is 0 Å². The maximum atomic E-state index is 10.5. The van der Waals surface area contributed by atoms with Gasteiger partial charge >= 0.3 is 0 Å². The third-order valence-corrected chi connectivity index (χ3v) is 6.39. The van der Waals surface area contributed by atoms with Crippen molar-refractivity contribution in [2.24, 2.45) is 0 Å². The van der Waals surface area contributed by atoms with Crippen LogP contribution >= 0.6 is 15.9 Å². The minimum Gasteiger partial charge on any atom is -0.490 e. The lowest BCUT2D eigenvalue weighted by molar-refractivity contribution is 0.0399. The fraction of sp³-hybridized carbons (Fsp3) is 0.308. The van der Waals surface area contributed by atoms with Gasteiger partial charge in [0.1, 0.15) is 18.5 Å². The van der Waals surface area contributed by atoms with Crippen molar-refractivity contribution in [1.82, 2.24) is 9.80 Å². The van der Waals surface area contributed by atoms with Crippen LogP contribution in [-0.2, 0) is 0 Å². The maximum Gasteiger partial charge on any atom is 0.133 e. The van der Waals surface area contributed by atoms with E-state index < -0.39 is 6.10 Å². The summed E-state index contributed by atoms with van der Waals surface area (Å²) in [5.41, 5.74) is 2.65. The molecule has 3 aromatic rings. The monoisotopic (exact) mass is 480 g/mol. The Balaban J connectivity index is 1.33. The number of benzene rings is 3. The Morgan fingerprint density at radius 3 is 1.90 bits per heavy atom. The van der Waals surface area contributed by atoms with Crippen LogP contribution in [0, 0.1) is 0 Å². The standard InChI is InChI=1S/C26H29BrN2O2/c27-24-13-7-8-14-25(24)31-20-23(30)19-28-15-17-29(18-16-28)26(21-9-3-1-4-10-21)22-11-5-2-6-12-22/h1-14,23,26,30H,15-20H2. The Kier molecular flexibility index (Phi) is 7.76. The van der Waals surface area contributed by atoms with E-state index in [0.717, 1.165) is 36.4 Å². The molecule has 31 heavy (non-hydrogen) atoms. The molecule has 1 aliphatic heterocycles. The highest BCUT2D eigenvalue weighted by atomic mass is 79.9. The smallest absolute Gasteiger partial charge is 0.133 e. The molecule has 0 amide bonds. The number of rotatable bonds is 8. The van der Waals surface area contributed by atoms with Crippen molar-refractivity contribution in [3.63, 3.8) is 0 Å². The van der Waals surface area contributed by atoms with E-state index in [1.54, 1.807) is 0 Å². The Morgan fingerprint density at radius 2 is 1.32 bits per heavy atom. The van der Waals surface area contributed by atoms with Crippen molar-refractivity contribution < 1.29 is 9.84 Å². The first-order chi connectivity index (χ1) is 15.2. The molecule has 1 saturated heterocycles. The quantitative estimate of drug-likeness (QED) is 0.511. The van der Waals surface area contributed by atoms with Crippen LogP contribution in [-0.4, -0.2) is 60.3 Å². The van der Waals surface area contributed by atoms with Crippen LogP contribution < -0.4 is 4.74 Å². The number of aliphatic hydroxyl groups is 1. The second-order valence-electron chi connectivity index (χ2n) is 7.96. The molecule has 0 spiro atoms. The summed E-state index contributed by atoms with van der Waals surface area (Å²) >= 11 is 3.48. The molecule has 1 fully saturated rings. The lowest BCUT2D eigenvalue weighted by atomic mass is 9.96. The SMILES string of the molecule is OC(COc1ccccc1Br)CN1CCN(C(c2ccccc2)c2ccccc2)CC1. The van der Waals surface area contributed by atoms with E-state index in [1.165, 1.54) is 11.1 Å². The number of β-amino-alcohol motifs (C(OH)–C–C–N with tert-alkyl or cyclic N) is 1. The Hall–Kier alpha value is -2.18. The summed E-state index contributed by atoms with van der Waals surface area (Å²) in [4.78, 5) is 4.88. The van der Waals surface area contributed by atoms with Gasteiger partial charge in [-0.2, -0.15) is 0 Å². The predicted octanol–water partition coefficient (Wildman–Crippen LogP) is 4.60. The van der Waals surface area contributed by atoms with Gasteiger partial charge in [-0.3, -0.25) is 9.80 Å². The zero-order chi connectivity index (χ0) is 21.5. The Morgan fingerprint density at radius 1 is 0.774 bits per heavy atom. The zero-order valence-electron chi connectivity index (χ0n) is 17.6. The predicted molar refractivity (Wildman–Crippen MR) is 128 cm³/mol. The second kappa shape index (κ2) is 10.9. The minimum absolute atomic E-state index is 0.258. The van der Waals surface area contributed by atoms with Crippen LogP contribution in [0.1, 0.15) is 17.2 Å². The molecule has 1 heterocycles. The van der Waals surface area contributed by atoms with Crippen molar-refractivity contribution in [1.29, 1.82) is 0 Å². The van der Waals surface area contributed by atoms with Gasteiger partial charge in [-0.15, -0.1) is 0 Å². The van der Waals surface area contributed by atoms with Crippen molar-refractivity contribution >= 4 is 15.9 Å². The van der Waals surface area contributed by atoms with Crippen molar-refractivity contribution in [3.05, 3.63) is 101 Å². The Labute approximate surface area is 193 Å². The first-order valence-electron chi connectivity index (χ1n) is 10.8. The van der Waals surface area contributed by atoms with E-state index in [2.05, 4.69) is 86.4 Å². The molecule has 5 heteroatoms. The van der Waals surface area contributed by atoms with Crippen LogP contribution in [0.5, 0.6) is 5.75 Å². The number of halogens is 1. The van der Waals surface area contributed by atoms with Gasteiger partial charge in [0.25, 0.3) is 0 Å². The van der Waals surface area contributed by atoms with E-state index in [1.807, 2.05) is 24.3 Å². The van der Waals surface area contributed by atoms with E-state index in [0.29, 0.717) is 13.2 Å². The van der Waals surface area contributed by atoms with Crippen LogP contribution in [0.15, 0.2) is 89.4 Å². The molecule has 1 atom stereocenters. The van der Waals surface area contributed by atoms with Crippen LogP contribution in [0.2, 0.25) is 0 Å². The second-order valence-corrected chi connectivity index (χ2v) is 8.81. The summed E-state index contributed by atoms with van der Waals surface area (Å²) in [5.74, 6) is 0.764. The molecular formula is C26H29BrN2O2. The van der Waals surface area contributed by atoms with Gasteiger partial charge in [0.15, 0.2) is 0 Å². The molecule has 1 unspecified atom stereocenters. The number of hydrogen-bond donors (Lipinski definition) is 1. The summed E-state index contributed by atoms with van der Waals surface area (Å²) in [5, 5.41) is 10.5. The van der Waals surface area contributed by atoms with Crippen molar-refractivity contribution in [2.75, 3.05) is 39.3 Å². The number of aliphatic hydroxyl groups excluding tert-OH is 1. The fourth-order valence-electron chi connectivity index (χ4n) is 4.19. The zero-order valence-corrected chi connectivity index (χ0v) is 19.2. The first-order valence-corrected chi connectivity index (χ1v) is 11.6. The molecular weight excluding hydrogens is 452 g/mol. The third-order valence-electron chi connectivity index (χ3n) is 5.74. The lowest BCUT2D eigenvalue weighted by Gasteiger charge is -2.40. The normalized spacial score (nSPS) is 16.4. The van der Waals surface area contributed by atoms with Gasteiger partial charge in [-0.25, -0.2) is 0 Å². The molecule has 162 valence electrons. The summed E-state index contributed by atoms with van der Waals surface area (Å²) in [6, 6.07) is 29.4. The van der Waals surface area contributed by atoms with Gasteiger partial charge in [0, 0.05) is 32.7 Å². The minimum atomic E-state index is -0.516. The lowest BCUT2D eigenvalue weighted by Crippen LogP contribution is -2.50. The molecule has 4 nitrogen and oxygen atoms in total. The van der Waals surface area contributed by atoms with Gasteiger partial charge in [-0.05, 0) is 39.2 Å². The maximum absolute atomic E-state index is 10.5. The molecule has 0 aromatic heterocycles. The third kappa shape index (κ3) is 5.95. The summed E-state index contributed by atoms with van der Waals surface area (Å²) in [6.07, 6.45) is -0.516. The largest absolute Gasteiger partial charge is 0.490 e. The van der Waals surface area contributed by atoms with Crippen molar-refractivity contribution in [3.8, 4) is 5.75 Å². The molecule has 0 saturated carbocycles. The fourth-order valence-corrected chi connectivity index (χ4v) is 4.59. The van der Waals surface area contributed by atoms with Gasteiger partial charge in [0.05, 0.1) is 10.5 Å². The summed E-state index contributed by atoms with van der Waals surface area (Å²) in [7, 11) is 0. The molecule has 0 radical (unpaired) electrons. The number of nitrogens with zero attached hydrogens (tertiary/aromatic N) is 2. The summed E-state index contributed by atoms with van der Waals surface area (Å²) in [6.45, 7) is 4.71. The highest BCUT2D eigenvalue weighted by Gasteiger charge is 2.27. The number of piperazine rings is 1. The summed E-state index contributed by atoms with van der Waals surface area (Å²) < 4.78 is 6.69. The highest BCUT2D eigenvalue weighted by molar-refractivity contribution is 9.10. The van der Waals surface area contributed by atoms with Gasteiger partial charge in [-0.1, -0.05) is 72.8 Å². The average Bonchev–Trinajstić information content (AvgIpc) is 2.81. The van der Waals surface area contributed by atoms with Crippen LogP contribution in [0.3, 0.4) is 0 Å². The Bertz CT molecular complexity index is 891. The first kappa shape index (κ1) is 22.0. The van der Waals surface area contributed by atoms with Gasteiger partial charge in [0.2, 0.25) is 0 Å². The molecule has 0 bridgehead atoms. The number of para-hydroxylation sites is 1. The van der Waals surface area contributed by atoms with Crippen molar-refractivity contribution in [2.45, 2.75) is 12.1 Å². The molecule has 3 aromatic carbocycles. The number of ether oxygens (including phenoxy) is 1. The molecule has 4 rings (SSSR count). The number of hydrogen-bond acceptors (Lipinski definition) is 4. The topological polar surface area (TPSA) is 35.9 Å². The van der Waals surface area contributed by atoms with E-state index in [-0.39, 0.29) is 6.04 Å². The molecule has 0 aliphatic carbocycles. The van der Waals surface area contributed by atoms with E-state index in [4.69, 9.17) is 4.74 Å². The molecule has 1 N–H and O–H groups in total. The van der Waals surface area contributed by atoms with Crippen LogP contribution in [0.4, 0.5) is 0 Å². The highest BCUT2D eigenvalue weighted by Crippen LogP contribution is 2.29. The molecule has 1 aliphatic rings. The van der Waals surface area contributed by atoms with E-state index in [9.17, 15) is 5.11 Å². The average molecular weight is 481 g/mol. The van der Waals surface area contributed by atoms with Crippen LogP contribution in [0.25, 0.3) is 0 Å². The van der Waals surface area contributed by atoms with Gasteiger partial charge < -0.3 is 9.84 Å².